The lowest BCUT2D eigenvalue weighted by atomic mass is 10.0. The highest BCUT2D eigenvalue weighted by atomic mass is 16.3. The van der Waals surface area contributed by atoms with Gasteiger partial charge in [-0.2, -0.15) is 0 Å². The number of aliphatic hydroxyl groups excluding tert-OH is 1. The molecular formula is C16H25N3O2. The molecule has 0 saturated carbocycles. The molecule has 0 aliphatic carbocycles. The Morgan fingerprint density at radius 1 is 1.52 bits per heavy atom. The Hall–Kier alpha value is -1.59. The zero-order chi connectivity index (χ0) is 15.4. The molecule has 21 heavy (non-hydrogen) atoms. The van der Waals surface area contributed by atoms with E-state index >= 15 is 0 Å². The number of nitrogens with zero attached hydrogens (tertiary/aromatic N) is 2. The molecule has 1 aliphatic rings. The van der Waals surface area contributed by atoms with Crippen LogP contribution in [-0.2, 0) is 6.54 Å². The minimum absolute atomic E-state index is 0.0832. The lowest BCUT2D eigenvalue weighted by Crippen LogP contribution is -2.34. The number of aliphatic hydroxyl groups is 1. The molecule has 5 heteroatoms. The van der Waals surface area contributed by atoms with Crippen LogP contribution in [0.3, 0.4) is 0 Å². The number of rotatable bonds is 4. The summed E-state index contributed by atoms with van der Waals surface area (Å²) >= 11 is 0. The van der Waals surface area contributed by atoms with Crippen LogP contribution in [0.5, 0.6) is 0 Å². The van der Waals surface area contributed by atoms with Gasteiger partial charge in [0.25, 0.3) is 0 Å². The molecular weight excluding hydrogens is 266 g/mol. The quantitative estimate of drug-likeness (QED) is 0.892. The van der Waals surface area contributed by atoms with Crippen LogP contribution >= 0.6 is 0 Å². The van der Waals surface area contributed by atoms with Crippen LogP contribution in [0, 0.1) is 5.92 Å². The van der Waals surface area contributed by atoms with Crippen LogP contribution in [0.1, 0.15) is 18.9 Å². The van der Waals surface area contributed by atoms with E-state index in [0.717, 1.165) is 18.7 Å². The van der Waals surface area contributed by atoms with Crippen molar-refractivity contribution >= 4 is 11.7 Å². The number of anilines is 1. The summed E-state index contributed by atoms with van der Waals surface area (Å²) in [6, 6.07) is 7.82. The van der Waals surface area contributed by atoms with E-state index < -0.39 is 0 Å². The zero-order valence-corrected chi connectivity index (χ0v) is 13.0. The van der Waals surface area contributed by atoms with Crippen LogP contribution in [0.15, 0.2) is 24.3 Å². The number of amides is 2. The first-order valence-corrected chi connectivity index (χ1v) is 7.43. The van der Waals surface area contributed by atoms with E-state index in [0.29, 0.717) is 13.1 Å². The molecule has 0 spiro atoms. The molecule has 0 radical (unpaired) electrons. The maximum absolute atomic E-state index is 12.2. The third kappa shape index (κ3) is 4.44. The van der Waals surface area contributed by atoms with Crippen molar-refractivity contribution in [1.82, 2.24) is 9.80 Å². The highest BCUT2D eigenvalue weighted by molar-refractivity contribution is 5.89. The monoisotopic (exact) mass is 291 g/mol. The van der Waals surface area contributed by atoms with Crippen LogP contribution in [0.4, 0.5) is 10.5 Å². The Morgan fingerprint density at radius 2 is 2.29 bits per heavy atom. The van der Waals surface area contributed by atoms with Crippen LogP contribution in [0.25, 0.3) is 0 Å². The second-order valence-corrected chi connectivity index (χ2v) is 6.10. The Kier molecular flexibility index (Phi) is 5.20. The molecule has 1 aromatic rings. The normalized spacial score (nSPS) is 19.9. The molecule has 1 fully saturated rings. The molecule has 2 unspecified atom stereocenters. The molecule has 2 N–H and O–H groups in total. The fourth-order valence-corrected chi connectivity index (χ4v) is 2.68. The summed E-state index contributed by atoms with van der Waals surface area (Å²) in [4.78, 5) is 16.1. The Labute approximate surface area is 126 Å². The SMILES string of the molecule is CC(O)C1CCN(C(=O)Nc2cccc(CN(C)C)c2)C1. The largest absolute Gasteiger partial charge is 0.393 e. The maximum Gasteiger partial charge on any atom is 0.321 e. The Morgan fingerprint density at radius 3 is 2.90 bits per heavy atom. The fraction of sp³-hybridized carbons (Fsp3) is 0.562. The summed E-state index contributed by atoms with van der Waals surface area (Å²) in [5.41, 5.74) is 1.99. The first-order valence-electron chi connectivity index (χ1n) is 7.43. The van der Waals surface area contributed by atoms with Gasteiger partial charge in [-0.15, -0.1) is 0 Å². The lowest BCUT2D eigenvalue weighted by molar-refractivity contribution is 0.130. The highest BCUT2D eigenvalue weighted by Gasteiger charge is 2.28. The van der Waals surface area contributed by atoms with Crippen molar-refractivity contribution in [2.75, 3.05) is 32.5 Å². The molecule has 2 rings (SSSR count). The van der Waals surface area contributed by atoms with Gasteiger partial charge < -0.3 is 20.2 Å². The van der Waals surface area contributed by atoms with Gasteiger partial charge in [0, 0.05) is 31.2 Å². The first-order chi connectivity index (χ1) is 9.95. The van der Waals surface area contributed by atoms with Crippen LogP contribution in [0.2, 0.25) is 0 Å². The molecule has 2 atom stereocenters. The number of likely N-dealkylation sites (tertiary alicyclic amines) is 1. The lowest BCUT2D eigenvalue weighted by Gasteiger charge is -2.19. The summed E-state index contributed by atoms with van der Waals surface area (Å²) < 4.78 is 0. The van der Waals surface area contributed by atoms with Crippen LogP contribution in [-0.4, -0.2) is 54.2 Å². The molecule has 2 amide bonds. The van der Waals surface area contributed by atoms with Gasteiger partial charge in [0.1, 0.15) is 0 Å². The second-order valence-electron chi connectivity index (χ2n) is 6.10. The number of carbonyl (C=O) groups is 1. The Bertz CT molecular complexity index is 488. The molecule has 0 aromatic heterocycles. The minimum Gasteiger partial charge on any atom is -0.393 e. The van der Waals surface area contributed by atoms with E-state index in [-0.39, 0.29) is 18.1 Å². The molecule has 116 valence electrons. The summed E-state index contributed by atoms with van der Waals surface area (Å²) in [5, 5.41) is 12.5. The van der Waals surface area contributed by atoms with Crippen molar-refractivity contribution in [2.45, 2.75) is 26.0 Å². The second kappa shape index (κ2) is 6.91. The van der Waals surface area contributed by atoms with E-state index in [1.807, 2.05) is 32.3 Å². The predicted molar refractivity (Wildman–Crippen MR) is 84.2 cm³/mol. The van der Waals surface area contributed by atoms with E-state index in [4.69, 9.17) is 0 Å². The van der Waals surface area contributed by atoms with Gasteiger partial charge in [0.15, 0.2) is 0 Å². The van der Waals surface area contributed by atoms with Crippen molar-refractivity contribution in [1.29, 1.82) is 0 Å². The highest BCUT2D eigenvalue weighted by Crippen LogP contribution is 2.21. The van der Waals surface area contributed by atoms with E-state index in [2.05, 4.69) is 16.3 Å². The summed E-state index contributed by atoms with van der Waals surface area (Å²) in [5.74, 6) is 0.191. The topological polar surface area (TPSA) is 55.8 Å². The van der Waals surface area contributed by atoms with Crippen LogP contribution < -0.4 is 5.32 Å². The third-order valence-electron chi connectivity index (χ3n) is 3.87. The summed E-state index contributed by atoms with van der Waals surface area (Å²) in [6.07, 6.45) is 0.511. The maximum atomic E-state index is 12.2. The van der Waals surface area contributed by atoms with Gasteiger partial charge in [-0.05, 0) is 45.1 Å². The third-order valence-corrected chi connectivity index (χ3v) is 3.87. The molecule has 1 aliphatic heterocycles. The molecule has 1 saturated heterocycles. The number of urea groups is 1. The first kappa shape index (κ1) is 15.8. The van der Waals surface area contributed by atoms with Gasteiger partial charge in [-0.3, -0.25) is 0 Å². The summed E-state index contributed by atoms with van der Waals surface area (Å²) in [7, 11) is 4.04. The standard InChI is InChI=1S/C16H25N3O2/c1-12(20)14-7-8-19(11-14)16(21)17-15-6-4-5-13(9-15)10-18(2)3/h4-6,9,12,14,20H,7-8,10-11H2,1-3H3,(H,17,21). The summed E-state index contributed by atoms with van der Waals surface area (Å²) in [6.45, 7) is 3.97. The van der Waals surface area contributed by atoms with Gasteiger partial charge in [-0.1, -0.05) is 12.1 Å². The number of carbonyl (C=O) groups excluding carboxylic acids is 1. The van der Waals surface area contributed by atoms with Gasteiger partial charge in [0.2, 0.25) is 0 Å². The van der Waals surface area contributed by atoms with Crippen molar-refractivity contribution < 1.29 is 9.90 Å². The zero-order valence-electron chi connectivity index (χ0n) is 13.0. The Balaban J connectivity index is 1.94. The van der Waals surface area contributed by atoms with E-state index in [9.17, 15) is 9.90 Å². The number of hydrogen-bond acceptors (Lipinski definition) is 3. The molecule has 0 bridgehead atoms. The van der Waals surface area contributed by atoms with E-state index in [1.165, 1.54) is 5.56 Å². The van der Waals surface area contributed by atoms with Gasteiger partial charge >= 0.3 is 6.03 Å². The van der Waals surface area contributed by atoms with Crippen molar-refractivity contribution in [2.24, 2.45) is 5.92 Å². The molecule has 5 nitrogen and oxygen atoms in total. The van der Waals surface area contributed by atoms with E-state index in [1.54, 1.807) is 11.8 Å². The van der Waals surface area contributed by atoms with Gasteiger partial charge in [-0.25, -0.2) is 4.79 Å². The molecule has 1 heterocycles. The molecule has 1 aromatic carbocycles. The minimum atomic E-state index is -0.355. The number of benzene rings is 1. The van der Waals surface area contributed by atoms with Crippen molar-refractivity contribution in [3.05, 3.63) is 29.8 Å². The van der Waals surface area contributed by atoms with Crippen molar-refractivity contribution in [3.8, 4) is 0 Å². The average molecular weight is 291 g/mol. The number of nitrogens with one attached hydrogen (secondary N) is 1. The smallest absolute Gasteiger partial charge is 0.321 e. The average Bonchev–Trinajstić information content (AvgIpc) is 2.88. The fourth-order valence-electron chi connectivity index (χ4n) is 2.68. The number of hydrogen-bond donors (Lipinski definition) is 2. The predicted octanol–water partition coefficient (Wildman–Crippen LogP) is 1.98. The van der Waals surface area contributed by atoms with Gasteiger partial charge in [0.05, 0.1) is 6.10 Å². The van der Waals surface area contributed by atoms with Crippen molar-refractivity contribution in [3.63, 3.8) is 0 Å².